The van der Waals surface area contributed by atoms with E-state index in [0.29, 0.717) is 5.69 Å². The van der Waals surface area contributed by atoms with E-state index in [1.54, 1.807) is 12.2 Å². The molecule has 0 unspecified atom stereocenters. The SMILES string of the molecule is CCOC(=O)c1c(C)[nH]c(C(=O)C(=O)N[C@H](C)C(F)(F)F)c1C. The van der Waals surface area contributed by atoms with Gasteiger partial charge in [0.1, 0.15) is 6.04 Å². The highest BCUT2D eigenvalue weighted by atomic mass is 19.4. The second-order valence-corrected chi connectivity index (χ2v) is 4.91. The molecule has 1 rings (SSSR count). The Morgan fingerprint density at radius 3 is 2.30 bits per heavy atom. The Morgan fingerprint density at radius 1 is 1.26 bits per heavy atom. The first kappa shape index (κ1) is 18.7. The van der Waals surface area contributed by atoms with Gasteiger partial charge in [0.2, 0.25) is 0 Å². The number of carbonyl (C=O) groups excluding carboxylic acids is 3. The van der Waals surface area contributed by atoms with E-state index in [-0.39, 0.29) is 23.4 Å². The number of ether oxygens (including phenoxy) is 1. The number of ketones is 1. The van der Waals surface area contributed by atoms with Crippen molar-refractivity contribution >= 4 is 17.7 Å². The van der Waals surface area contributed by atoms with Crippen LogP contribution in [0.2, 0.25) is 0 Å². The number of alkyl halides is 3. The first-order valence-corrected chi connectivity index (χ1v) is 6.78. The van der Waals surface area contributed by atoms with Crippen molar-refractivity contribution in [3.05, 3.63) is 22.5 Å². The third-order valence-corrected chi connectivity index (χ3v) is 3.19. The van der Waals surface area contributed by atoms with Crippen LogP contribution in [-0.4, -0.2) is 41.5 Å². The molecule has 0 bridgehead atoms. The zero-order valence-electron chi connectivity index (χ0n) is 13.1. The van der Waals surface area contributed by atoms with Crippen LogP contribution in [0.4, 0.5) is 13.2 Å². The van der Waals surface area contributed by atoms with E-state index in [4.69, 9.17) is 4.74 Å². The van der Waals surface area contributed by atoms with Crippen LogP contribution in [0, 0.1) is 13.8 Å². The molecule has 6 nitrogen and oxygen atoms in total. The molecule has 0 aliphatic heterocycles. The number of nitrogens with one attached hydrogen (secondary N) is 2. The molecule has 0 spiro atoms. The van der Waals surface area contributed by atoms with Crippen LogP contribution in [0.1, 0.15) is 46.0 Å². The molecule has 0 fully saturated rings. The van der Waals surface area contributed by atoms with Gasteiger partial charge < -0.3 is 15.0 Å². The maximum atomic E-state index is 12.4. The molecule has 1 aromatic heterocycles. The number of aromatic nitrogens is 1. The fourth-order valence-corrected chi connectivity index (χ4v) is 1.94. The highest BCUT2D eigenvalue weighted by molar-refractivity contribution is 6.42. The van der Waals surface area contributed by atoms with Crippen molar-refractivity contribution in [2.45, 2.75) is 39.9 Å². The average molecular weight is 334 g/mol. The number of amides is 1. The summed E-state index contributed by atoms with van der Waals surface area (Å²) in [7, 11) is 0. The molecule has 0 aliphatic carbocycles. The summed E-state index contributed by atoms with van der Waals surface area (Å²) in [6.07, 6.45) is -4.66. The molecule has 9 heteroatoms. The van der Waals surface area contributed by atoms with E-state index < -0.39 is 29.9 Å². The average Bonchev–Trinajstić information content (AvgIpc) is 2.72. The van der Waals surface area contributed by atoms with Crippen molar-refractivity contribution in [3.8, 4) is 0 Å². The molecule has 1 amide bonds. The fraction of sp³-hybridized carbons (Fsp3) is 0.500. The minimum atomic E-state index is -4.66. The third-order valence-electron chi connectivity index (χ3n) is 3.19. The Kier molecular flexibility index (Phi) is 5.57. The van der Waals surface area contributed by atoms with Gasteiger partial charge in [0.05, 0.1) is 17.9 Å². The van der Waals surface area contributed by atoms with Crippen LogP contribution in [0.25, 0.3) is 0 Å². The third kappa shape index (κ3) is 4.11. The molecule has 2 N–H and O–H groups in total. The topological polar surface area (TPSA) is 88.3 Å². The van der Waals surface area contributed by atoms with Crippen LogP contribution in [0.3, 0.4) is 0 Å². The lowest BCUT2D eigenvalue weighted by Crippen LogP contribution is -2.46. The van der Waals surface area contributed by atoms with E-state index in [9.17, 15) is 27.6 Å². The van der Waals surface area contributed by atoms with Gasteiger partial charge in [-0.3, -0.25) is 9.59 Å². The number of carbonyl (C=O) groups is 3. The summed E-state index contributed by atoms with van der Waals surface area (Å²) in [5, 5.41) is 1.58. The van der Waals surface area contributed by atoms with Crippen molar-refractivity contribution in [1.82, 2.24) is 10.3 Å². The van der Waals surface area contributed by atoms with Crippen LogP contribution in [0.5, 0.6) is 0 Å². The van der Waals surface area contributed by atoms with Crippen LogP contribution < -0.4 is 5.32 Å². The maximum Gasteiger partial charge on any atom is 0.408 e. The van der Waals surface area contributed by atoms with E-state index in [0.717, 1.165) is 6.92 Å². The van der Waals surface area contributed by atoms with E-state index in [2.05, 4.69) is 4.98 Å². The van der Waals surface area contributed by atoms with Gasteiger partial charge in [0.15, 0.2) is 0 Å². The Morgan fingerprint density at radius 2 is 1.83 bits per heavy atom. The van der Waals surface area contributed by atoms with E-state index in [1.807, 2.05) is 0 Å². The van der Waals surface area contributed by atoms with Crippen molar-refractivity contribution < 1.29 is 32.3 Å². The monoisotopic (exact) mass is 334 g/mol. The number of H-pyrrole nitrogens is 1. The number of aryl methyl sites for hydroxylation is 1. The zero-order chi connectivity index (χ0) is 17.9. The predicted octanol–water partition coefficient (Wildman–Crippen LogP) is 2.06. The predicted molar refractivity (Wildman–Crippen MR) is 74.2 cm³/mol. The lowest BCUT2D eigenvalue weighted by Gasteiger charge is -2.16. The molecule has 23 heavy (non-hydrogen) atoms. The van der Waals surface area contributed by atoms with Gasteiger partial charge >= 0.3 is 12.1 Å². The second-order valence-electron chi connectivity index (χ2n) is 4.91. The lowest BCUT2D eigenvalue weighted by molar-refractivity contribution is -0.156. The number of hydrogen-bond acceptors (Lipinski definition) is 4. The van der Waals surface area contributed by atoms with Gasteiger partial charge in [0.25, 0.3) is 11.7 Å². The number of hydrogen-bond donors (Lipinski definition) is 2. The normalized spacial score (nSPS) is 12.7. The van der Waals surface area contributed by atoms with Crippen LogP contribution in [0.15, 0.2) is 0 Å². The Bertz CT molecular complexity index is 635. The number of halogens is 3. The summed E-state index contributed by atoms with van der Waals surface area (Å²) in [5.74, 6) is -3.27. The van der Waals surface area contributed by atoms with Crippen molar-refractivity contribution in [3.63, 3.8) is 0 Å². The molecule has 0 saturated heterocycles. The van der Waals surface area contributed by atoms with Crippen molar-refractivity contribution in [1.29, 1.82) is 0 Å². The molecule has 0 aromatic carbocycles. The number of esters is 1. The van der Waals surface area contributed by atoms with Gasteiger partial charge in [-0.05, 0) is 33.3 Å². The molecule has 0 saturated carbocycles. The smallest absolute Gasteiger partial charge is 0.408 e. The van der Waals surface area contributed by atoms with Crippen LogP contribution in [-0.2, 0) is 9.53 Å². The quantitative estimate of drug-likeness (QED) is 0.490. The number of Topliss-reactive ketones (excluding diaryl/α,β-unsaturated/α-hetero) is 1. The summed E-state index contributed by atoms with van der Waals surface area (Å²) < 4.78 is 42.1. The number of aromatic amines is 1. The van der Waals surface area contributed by atoms with Gasteiger partial charge in [-0.25, -0.2) is 4.79 Å². The Hall–Kier alpha value is -2.32. The minimum Gasteiger partial charge on any atom is -0.462 e. The fourth-order valence-electron chi connectivity index (χ4n) is 1.94. The van der Waals surface area contributed by atoms with Gasteiger partial charge in [-0.1, -0.05) is 0 Å². The highest BCUT2D eigenvalue weighted by Crippen LogP contribution is 2.21. The van der Waals surface area contributed by atoms with Gasteiger partial charge in [-0.15, -0.1) is 0 Å². The minimum absolute atomic E-state index is 0.0897. The highest BCUT2D eigenvalue weighted by Gasteiger charge is 2.38. The van der Waals surface area contributed by atoms with Crippen molar-refractivity contribution in [2.24, 2.45) is 0 Å². The largest absolute Gasteiger partial charge is 0.462 e. The molecule has 1 atom stereocenters. The summed E-state index contributed by atoms with van der Waals surface area (Å²) in [4.78, 5) is 38.0. The standard InChI is InChI=1S/C14H17F3N2O4/c1-5-23-13(22)9-6(2)10(18-7(9)3)11(20)12(21)19-8(4)14(15,16)17/h8,18H,5H2,1-4H3,(H,19,21)/t8-/m1/s1. The Balaban J connectivity index is 3.04. The molecule has 128 valence electrons. The summed E-state index contributed by atoms with van der Waals surface area (Å²) >= 11 is 0. The maximum absolute atomic E-state index is 12.4. The summed E-state index contributed by atoms with van der Waals surface area (Å²) in [5.41, 5.74) is 0.297. The molecule has 0 aliphatic rings. The van der Waals surface area contributed by atoms with Gasteiger partial charge in [-0.2, -0.15) is 13.2 Å². The zero-order valence-corrected chi connectivity index (χ0v) is 13.1. The van der Waals surface area contributed by atoms with E-state index in [1.165, 1.54) is 13.8 Å². The summed E-state index contributed by atoms with van der Waals surface area (Å²) in [6, 6.07) is -2.17. The molecular weight excluding hydrogens is 317 g/mol. The molecule has 1 aromatic rings. The first-order chi connectivity index (χ1) is 10.5. The molecule has 0 radical (unpaired) electrons. The first-order valence-electron chi connectivity index (χ1n) is 6.78. The molecular formula is C14H17F3N2O4. The van der Waals surface area contributed by atoms with E-state index >= 15 is 0 Å². The lowest BCUT2D eigenvalue weighted by atomic mass is 10.1. The molecule has 1 heterocycles. The summed E-state index contributed by atoms with van der Waals surface area (Å²) in [6.45, 7) is 5.35. The van der Waals surface area contributed by atoms with Crippen LogP contribution >= 0.6 is 0 Å². The second kappa shape index (κ2) is 6.84. The Labute approximate surface area is 130 Å². The number of rotatable bonds is 5. The van der Waals surface area contributed by atoms with Gasteiger partial charge in [0, 0.05) is 5.69 Å². The van der Waals surface area contributed by atoms with Crippen molar-refractivity contribution in [2.75, 3.05) is 6.61 Å².